The largest absolute Gasteiger partial charge is 0.492 e. The molecule has 2 aromatic rings. The van der Waals surface area contributed by atoms with Crippen LogP contribution in [0, 0.1) is 5.82 Å². The van der Waals surface area contributed by atoms with Crippen LogP contribution >= 0.6 is 11.3 Å². The molecule has 5 nitrogen and oxygen atoms in total. The molecule has 0 saturated heterocycles. The summed E-state index contributed by atoms with van der Waals surface area (Å²) in [5.74, 6) is -0.963. The highest BCUT2D eigenvalue weighted by atomic mass is 32.2. The number of nitrogens with zero attached hydrogens (tertiary/aromatic N) is 1. The first-order chi connectivity index (χ1) is 9.86. The number of ether oxygens (including phenoxy) is 1. The number of methoxy groups -OCH3 is 1. The molecule has 2 N–H and O–H groups in total. The molecule has 0 amide bonds. The topological polar surface area (TPSA) is 72.6 Å². The van der Waals surface area contributed by atoms with Crippen LogP contribution in [0.1, 0.15) is 4.88 Å². The van der Waals surface area contributed by atoms with Gasteiger partial charge in [0.25, 0.3) is 0 Å². The molecule has 114 valence electrons. The highest BCUT2D eigenvalue weighted by molar-refractivity contribution is 7.89. The number of halogens is 1. The summed E-state index contributed by atoms with van der Waals surface area (Å²) >= 11 is 1.45. The molecule has 0 aliphatic heterocycles. The maximum atomic E-state index is 13.8. The Balaban J connectivity index is 2.35. The molecule has 0 atom stereocenters. The Hall–Kier alpha value is -1.64. The normalized spacial score (nSPS) is 11.8. The number of anilines is 1. The van der Waals surface area contributed by atoms with E-state index in [9.17, 15) is 12.8 Å². The zero-order valence-corrected chi connectivity index (χ0v) is 13.2. The molecular weight excluding hydrogens is 315 g/mol. The summed E-state index contributed by atoms with van der Waals surface area (Å²) in [5.41, 5.74) is 5.56. The quantitative estimate of drug-likeness (QED) is 0.854. The Labute approximate surface area is 126 Å². The zero-order chi connectivity index (χ0) is 15.6. The lowest BCUT2D eigenvalue weighted by atomic mass is 10.3. The van der Waals surface area contributed by atoms with Crippen molar-refractivity contribution < 1.29 is 17.5 Å². The molecule has 1 aromatic carbocycles. The summed E-state index contributed by atoms with van der Waals surface area (Å²) in [7, 11) is -1.11. The van der Waals surface area contributed by atoms with E-state index in [2.05, 4.69) is 0 Å². The first-order valence-corrected chi connectivity index (χ1v) is 8.30. The second-order valence-electron chi connectivity index (χ2n) is 4.37. The second-order valence-corrected chi connectivity index (χ2v) is 7.45. The van der Waals surface area contributed by atoms with Crippen molar-refractivity contribution in [2.45, 2.75) is 11.4 Å². The molecule has 0 saturated carbocycles. The van der Waals surface area contributed by atoms with E-state index in [1.807, 2.05) is 17.5 Å². The number of hydrogen-bond acceptors (Lipinski definition) is 5. The molecule has 0 unspecified atom stereocenters. The number of sulfonamides is 1. The van der Waals surface area contributed by atoms with Crippen molar-refractivity contribution in [2.75, 3.05) is 19.9 Å². The van der Waals surface area contributed by atoms with Crippen LogP contribution in [0.15, 0.2) is 34.5 Å². The maximum absolute atomic E-state index is 13.8. The summed E-state index contributed by atoms with van der Waals surface area (Å²) in [6, 6.07) is 5.78. The van der Waals surface area contributed by atoms with Crippen LogP contribution in [0.3, 0.4) is 0 Å². The Morgan fingerprint density at radius 3 is 2.67 bits per heavy atom. The lowest BCUT2D eigenvalue weighted by Gasteiger charge is -2.17. The van der Waals surface area contributed by atoms with Crippen molar-refractivity contribution in [1.29, 1.82) is 0 Å². The van der Waals surface area contributed by atoms with Gasteiger partial charge in [-0.1, -0.05) is 6.07 Å². The van der Waals surface area contributed by atoms with E-state index >= 15 is 0 Å². The standard InChI is InChI=1S/C13H15FN2O3S2/c1-16(8-9-4-3-5-20-9)21(17,18)10-6-11(14)13(19-2)12(15)7-10/h3-7H,8,15H2,1-2H3. The van der Waals surface area contributed by atoms with Crippen LogP contribution in [-0.2, 0) is 16.6 Å². The smallest absolute Gasteiger partial charge is 0.243 e. The second kappa shape index (κ2) is 6.00. The van der Waals surface area contributed by atoms with Crippen molar-refractivity contribution >= 4 is 27.0 Å². The number of rotatable bonds is 5. The number of benzene rings is 1. The van der Waals surface area contributed by atoms with E-state index in [1.54, 1.807) is 0 Å². The molecule has 0 aliphatic rings. The van der Waals surface area contributed by atoms with Gasteiger partial charge in [-0.15, -0.1) is 11.3 Å². The van der Waals surface area contributed by atoms with Crippen molar-refractivity contribution in [1.82, 2.24) is 4.31 Å². The number of nitrogen functional groups attached to an aromatic ring is 1. The fourth-order valence-electron chi connectivity index (χ4n) is 1.84. The van der Waals surface area contributed by atoms with Crippen molar-refractivity contribution in [3.8, 4) is 5.75 Å². The third-order valence-corrected chi connectivity index (χ3v) is 5.56. The zero-order valence-electron chi connectivity index (χ0n) is 11.5. The molecule has 21 heavy (non-hydrogen) atoms. The highest BCUT2D eigenvalue weighted by Gasteiger charge is 2.24. The van der Waals surface area contributed by atoms with Crippen molar-refractivity contribution in [3.63, 3.8) is 0 Å². The highest BCUT2D eigenvalue weighted by Crippen LogP contribution is 2.30. The van der Waals surface area contributed by atoms with Gasteiger partial charge in [0.2, 0.25) is 10.0 Å². The first kappa shape index (κ1) is 15.7. The van der Waals surface area contributed by atoms with Gasteiger partial charge in [0.05, 0.1) is 17.7 Å². The minimum absolute atomic E-state index is 0.0550. The molecule has 1 aromatic heterocycles. The molecule has 0 fully saturated rings. The molecule has 0 radical (unpaired) electrons. The van der Waals surface area contributed by atoms with E-state index in [4.69, 9.17) is 10.5 Å². The Bertz CT molecular complexity index is 707. The van der Waals surface area contributed by atoms with Gasteiger partial charge in [-0.3, -0.25) is 0 Å². The summed E-state index contributed by atoms with van der Waals surface area (Å²) in [6.45, 7) is 0.216. The first-order valence-electron chi connectivity index (χ1n) is 5.98. The number of thiophene rings is 1. The SMILES string of the molecule is COc1c(N)cc(S(=O)(=O)N(C)Cc2cccs2)cc1F. The van der Waals surface area contributed by atoms with E-state index in [0.717, 1.165) is 15.2 Å². The molecule has 0 spiro atoms. The fraction of sp³-hybridized carbons (Fsp3) is 0.231. The van der Waals surface area contributed by atoms with Gasteiger partial charge in [0.15, 0.2) is 11.6 Å². The van der Waals surface area contributed by atoms with Crippen LogP contribution in [0.5, 0.6) is 5.75 Å². The van der Waals surface area contributed by atoms with Gasteiger partial charge < -0.3 is 10.5 Å². The minimum atomic E-state index is -3.82. The Morgan fingerprint density at radius 1 is 1.43 bits per heavy atom. The predicted octanol–water partition coefficient (Wildman–Crippen LogP) is 2.30. The molecule has 8 heteroatoms. The van der Waals surface area contributed by atoms with Crippen molar-refractivity contribution in [2.24, 2.45) is 0 Å². The summed E-state index contributed by atoms with van der Waals surface area (Å²) in [5, 5.41) is 1.86. The molecule has 1 heterocycles. The third kappa shape index (κ3) is 3.17. The van der Waals surface area contributed by atoms with Gasteiger partial charge in [-0.25, -0.2) is 12.8 Å². The van der Waals surface area contributed by atoms with Crippen molar-refractivity contribution in [3.05, 3.63) is 40.3 Å². The maximum Gasteiger partial charge on any atom is 0.243 e. The average molecular weight is 330 g/mol. The van der Waals surface area contributed by atoms with E-state index < -0.39 is 15.8 Å². The van der Waals surface area contributed by atoms with Gasteiger partial charge in [-0.2, -0.15) is 4.31 Å². The van der Waals surface area contributed by atoms with Gasteiger partial charge in [0.1, 0.15) is 0 Å². The lowest BCUT2D eigenvalue weighted by Crippen LogP contribution is -2.26. The van der Waals surface area contributed by atoms with Gasteiger partial charge in [-0.05, 0) is 23.6 Å². The lowest BCUT2D eigenvalue weighted by molar-refractivity contribution is 0.387. The van der Waals surface area contributed by atoms with Gasteiger partial charge >= 0.3 is 0 Å². The molecule has 2 rings (SSSR count). The molecular formula is C13H15FN2O3S2. The predicted molar refractivity (Wildman–Crippen MR) is 80.3 cm³/mol. The Kier molecular flexibility index (Phi) is 4.50. The molecule has 0 aliphatic carbocycles. The van der Waals surface area contributed by atoms with E-state index in [0.29, 0.717) is 0 Å². The van der Waals surface area contributed by atoms with Crippen LogP contribution in [-0.4, -0.2) is 26.9 Å². The van der Waals surface area contributed by atoms with Crippen LogP contribution in [0.4, 0.5) is 10.1 Å². The van der Waals surface area contributed by atoms with E-state index in [-0.39, 0.29) is 22.9 Å². The Morgan fingerprint density at radius 2 is 2.14 bits per heavy atom. The summed E-state index contributed by atoms with van der Waals surface area (Å²) in [6.07, 6.45) is 0. The third-order valence-electron chi connectivity index (χ3n) is 2.92. The van der Waals surface area contributed by atoms with Crippen LogP contribution in [0.2, 0.25) is 0 Å². The summed E-state index contributed by atoms with van der Waals surface area (Å²) < 4.78 is 44.6. The minimum Gasteiger partial charge on any atom is -0.492 e. The van der Waals surface area contributed by atoms with Crippen LogP contribution in [0.25, 0.3) is 0 Å². The van der Waals surface area contributed by atoms with Gasteiger partial charge in [0, 0.05) is 18.5 Å². The number of nitrogens with two attached hydrogens (primary N) is 1. The monoisotopic (exact) mass is 330 g/mol. The summed E-state index contributed by atoms with van der Waals surface area (Å²) in [4.78, 5) is 0.695. The fourth-order valence-corrected chi connectivity index (χ4v) is 3.88. The molecule has 0 bridgehead atoms. The average Bonchev–Trinajstić information content (AvgIpc) is 2.91. The van der Waals surface area contributed by atoms with Crippen LogP contribution < -0.4 is 10.5 Å². The number of hydrogen-bond donors (Lipinski definition) is 1. The van der Waals surface area contributed by atoms with E-state index in [1.165, 1.54) is 31.6 Å².